The van der Waals surface area contributed by atoms with Crippen LogP contribution >= 0.6 is 27.5 Å². The lowest BCUT2D eigenvalue weighted by atomic mass is 10.3. The monoisotopic (exact) mass is 255 g/mol. The molecule has 0 aliphatic heterocycles. The predicted octanol–water partition coefficient (Wildman–Crippen LogP) is 2.66. The molecule has 0 saturated heterocycles. The quantitative estimate of drug-likeness (QED) is 0.768. The van der Waals surface area contributed by atoms with Crippen molar-refractivity contribution in [1.82, 2.24) is 3.96 Å². The SMILES string of the molecule is O=c1ccsn1-c1ccc(Br)cc1. The molecule has 2 rings (SSSR count). The van der Waals surface area contributed by atoms with Crippen molar-refractivity contribution in [3.63, 3.8) is 0 Å². The van der Waals surface area contributed by atoms with E-state index in [1.807, 2.05) is 24.3 Å². The second-order valence-electron chi connectivity index (χ2n) is 2.52. The summed E-state index contributed by atoms with van der Waals surface area (Å²) in [6.07, 6.45) is 0. The smallest absolute Gasteiger partial charge is 0.265 e. The second-order valence-corrected chi connectivity index (χ2v) is 4.28. The molecule has 0 N–H and O–H groups in total. The Kier molecular flexibility index (Phi) is 2.33. The molecule has 0 bridgehead atoms. The maximum absolute atomic E-state index is 11.3. The lowest BCUT2D eigenvalue weighted by molar-refractivity contribution is 1.13. The number of hydrogen-bond acceptors (Lipinski definition) is 2. The first-order valence-corrected chi connectivity index (χ1v) is 5.33. The van der Waals surface area contributed by atoms with Crippen LogP contribution in [0.4, 0.5) is 0 Å². The Morgan fingerprint density at radius 1 is 1.15 bits per heavy atom. The van der Waals surface area contributed by atoms with Crippen LogP contribution in [0, 0.1) is 0 Å². The Bertz CT molecular complexity index is 457. The maximum atomic E-state index is 11.3. The molecule has 0 aliphatic carbocycles. The first kappa shape index (κ1) is 8.72. The van der Waals surface area contributed by atoms with Crippen molar-refractivity contribution in [3.8, 4) is 5.69 Å². The summed E-state index contributed by atoms with van der Waals surface area (Å²) < 4.78 is 2.66. The lowest BCUT2D eigenvalue weighted by Gasteiger charge is -1.98. The fourth-order valence-corrected chi connectivity index (χ4v) is 2.01. The number of benzene rings is 1. The van der Waals surface area contributed by atoms with Crippen LogP contribution in [0.2, 0.25) is 0 Å². The van der Waals surface area contributed by atoms with E-state index < -0.39 is 0 Å². The summed E-state index contributed by atoms with van der Waals surface area (Å²) in [5.41, 5.74) is 0.926. The van der Waals surface area contributed by atoms with Crippen molar-refractivity contribution in [1.29, 1.82) is 0 Å². The standard InChI is InChI=1S/C9H6BrNOS/c10-7-1-3-8(4-2-7)11-9(12)5-6-13-11/h1-6H. The topological polar surface area (TPSA) is 22.0 Å². The highest BCUT2D eigenvalue weighted by atomic mass is 79.9. The van der Waals surface area contributed by atoms with Crippen molar-refractivity contribution in [2.75, 3.05) is 0 Å². The summed E-state index contributed by atoms with van der Waals surface area (Å²) >= 11 is 4.74. The van der Waals surface area contributed by atoms with Crippen LogP contribution in [0.15, 0.2) is 45.0 Å². The zero-order chi connectivity index (χ0) is 9.26. The third-order valence-corrected chi connectivity index (χ3v) is 3.03. The minimum Gasteiger partial charge on any atom is -0.268 e. The molecule has 13 heavy (non-hydrogen) atoms. The molecule has 0 aliphatic rings. The van der Waals surface area contributed by atoms with Crippen molar-refractivity contribution in [2.45, 2.75) is 0 Å². The molecule has 0 amide bonds. The van der Waals surface area contributed by atoms with E-state index >= 15 is 0 Å². The van der Waals surface area contributed by atoms with Gasteiger partial charge in [-0.1, -0.05) is 27.5 Å². The largest absolute Gasteiger partial charge is 0.268 e. The van der Waals surface area contributed by atoms with Gasteiger partial charge in [0.2, 0.25) is 0 Å². The van der Waals surface area contributed by atoms with Crippen molar-refractivity contribution in [2.24, 2.45) is 0 Å². The van der Waals surface area contributed by atoms with Gasteiger partial charge in [-0.3, -0.25) is 4.79 Å². The molecule has 2 nitrogen and oxygen atoms in total. The first-order chi connectivity index (χ1) is 6.27. The summed E-state index contributed by atoms with van der Waals surface area (Å²) in [5, 5.41) is 1.78. The third-order valence-electron chi connectivity index (χ3n) is 1.64. The zero-order valence-corrected chi connectivity index (χ0v) is 9.01. The summed E-state index contributed by atoms with van der Waals surface area (Å²) in [5.74, 6) is 0. The highest BCUT2D eigenvalue weighted by Gasteiger charge is 1.98. The molecule has 66 valence electrons. The molecule has 0 saturated carbocycles. The van der Waals surface area contributed by atoms with Crippen LogP contribution in [0.25, 0.3) is 5.69 Å². The third kappa shape index (κ3) is 1.73. The molecular weight excluding hydrogens is 250 g/mol. The number of rotatable bonds is 1. The molecule has 0 fully saturated rings. The highest BCUT2D eigenvalue weighted by molar-refractivity contribution is 9.10. The first-order valence-electron chi connectivity index (χ1n) is 3.70. The van der Waals surface area contributed by atoms with Crippen LogP contribution in [-0.4, -0.2) is 3.96 Å². The van der Waals surface area contributed by atoms with Gasteiger partial charge in [-0.2, -0.15) is 0 Å². The molecule has 0 unspecified atom stereocenters. The Balaban J connectivity index is 2.54. The Morgan fingerprint density at radius 2 is 1.85 bits per heavy atom. The van der Waals surface area contributed by atoms with Crippen molar-refractivity contribution >= 4 is 27.5 Å². The van der Waals surface area contributed by atoms with E-state index in [9.17, 15) is 4.79 Å². The van der Waals surface area contributed by atoms with E-state index in [4.69, 9.17) is 0 Å². The minimum atomic E-state index is 0.0207. The molecule has 4 heteroatoms. The zero-order valence-electron chi connectivity index (χ0n) is 6.61. The van der Waals surface area contributed by atoms with E-state index in [1.165, 1.54) is 11.5 Å². The molecule has 1 heterocycles. The fourth-order valence-electron chi connectivity index (χ4n) is 1.03. The van der Waals surface area contributed by atoms with Crippen molar-refractivity contribution < 1.29 is 0 Å². The van der Waals surface area contributed by atoms with Gasteiger partial charge in [0.25, 0.3) is 5.56 Å². The Hall–Kier alpha value is -0.870. The van der Waals surface area contributed by atoms with Gasteiger partial charge < -0.3 is 0 Å². The highest BCUT2D eigenvalue weighted by Crippen LogP contribution is 2.13. The van der Waals surface area contributed by atoms with Crippen LogP contribution in [0.3, 0.4) is 0 Å². The van der Waals surface area contributed by atoms with E-state index in [0.29, 0.717) is 0 Å². The molecule has 0 spiro atoms. The molecule has 1 aromatic heterocycles. The summed E-state index contributed by atoms with van der Waals surface area (Å²) in [6.45, 7) is 0. The second kappa shape index (κ2) is 3.47. The summed E-state index contributed by atoms with van der Waals surface area (Å²) in [7, 11) is 0. The predicted molar refractivity (Wildman–Crippen MR) is 57.6 cm³/mol. The molecule has 2 aromatic rings. The number of hydrogen-bond donors (Lipinski definition) is 0. The molecular formula is C9H6BrNOS. The maximum Gasteiger partial charge on any atom is 0.265 e. The van der Waals surface area contributed by atoms with E-state index in [1.54, 1.807) is 15.4 Å². The lowest BCUT2D eigenvalue weighted by Crippen LogP contribution is -2.08. The van der Waals surface area contributed by atoms with Gasteiger partial charge in [0.1, 0.15) is 0 Å². The van der Waals surface area contributed by atoms with Crippen LogP contribution in [0.1, 0.15) is 0 Å². The van der Waals surface area contributed by atoms with Gasteiger partial charge in [-0.25, -0.2) is 3.96 Å². The van der Waals surface area contributed by atoms with Gasteiger partial charge in [0.15, 0.2) is 0 Å². The number of nitrogens with zero attached hydrogens (tertiary/aromatic N) is 1. The fraction of sp³-hybridized carbons (Fsp3) is 0. The van der Waals surface area contributed by atoms with Crippen LogP contribution in [0.5, 0.6) is 0 Å². The van der Waals surface area contributed by atoms with E-state index in [-0.39, 0.29) is 5.56 Å². The average Bonchev–Trinajstić information content (AvgIpc) is 2.53. The Labute approximate surface area is 87.7 Å². The number of aromatic nitrogens is 1. The van der Waals surface area contributed by atoms with Crippen LogP contribution < -0.4 is 5.56 Å². The normalized spacial score (nSPS) is 10.2. The van der Waals surface area contributed by atoms with E-state index in [0.717, 1.165) is 10.2 Å². The Morgan fingerprint density at radius 3 is 2.38 bits per heavy atom. The average molecular weight is 256 g/mol. The van der Waals surface area contributed by atoms with E-state index in [2.05, 4.69) is 15.9 Å². The number of halogens is 1. The molecule has 1 aromatic carbocycles. The van der Waals surface area contributed by atoms with Gasteiger partial charge in [0, 0.05) is 15.9 Å². The summed E-state index contributed by atoms with van der Waals surface area (Å²) in [4.78, 5) is 11.3. The minimum absolute atomic E-state index is 0.0207. The van der Waals surface area contributed by atoms with Crippen molar-refractivity contribution in [3.05, 3.63) is 50.5 Å². The molecule has 0 radical (unpaired) electrons. The molecule has 0 atom stereocenters. The summed E-state index contributed by atoms with van der Waals surface area (Å²) in [6, 6.07) is 9.21. The van der Waals surface area contributed by atoms with Crippen LogP contribution in [-0.2, 0) is 0 Å². The van der Waals surface area contributed by atoms with Gasteiger partial charge in [-0.15, -0.1) is 0 Å². The van der Waals surface area contributed by atoms with Gasteiger partial charge >= 0.3 is 0 Å². The van der Waals surface area contributed by atoms with Gasteiger partial charge in [0.05, 0.1) is 5.69 Å². The van der Waals surface area contributed by atoms with Gasteiger partial charge in [-0.05, 0) is 24.3 Å².